The van der Waals surface area contributed by atoms with E-state index in [4.69, 9.17) is 17.0 Å². The van der Waals surface area contributed by atoms with Crippen molar-refractivity contribution in [1.29, 1.82) is 0 Å². The van der Waals surface area contributed by atoms with Gasteiger partial charge >= 0.3 is 6.09 Å². The maximum absolute atomic E-state index is 11.2. The largest absolute Gasteiger partial charge is 0.450 e. The lowest BCUT2D eigenvalue weighted by molar-refractivity contribution is 0.158. The fourth-order valence-corrected chi connectivity index (χ4v) is 2.15. The summed E-state index contributed by atoms with van der Waals surface area (Å²) >= 11 is 8.42. The van der Waals surface area contributed by atoms with E-state index >= 15 is 0 Å². The number of nitrogens with one attached hydrogen (secondary N) is 3. The Labute approximate surface area is 134 Å². The number of alkyl carbamates (subject to hydrolysis) is 1. The fraction of sp³-hybridized carbons (Fsp3) is 0.167. The minimum absolute atomic E-state index is 0.102. The predicted octanol–water partition coefficient (Wildman–Crippen LogP) is 2.68. The molecule has 0 aromatic carbocycles. The van der Waals surface area contributed by atoms with Gasteiger partial charge in [-0.3, -0.25) is 15.4 Å². The van der Waals surface area contributed by atoms with Gasteiger partial charge in [-0.2, -0.15) is 5.10 Å². The third-order valence-electron chi connectivity index (χ3n) is 2.34. The molecule has 2 heterocycles. The molecule has 2 rings (SSSR count). The summed E-state index contributed by atoms with van der Waals surface area (Å²) in [7, 11) is 0. The van der Waals surface area contributed by atoms with Crippen LogP contribution in [0.25, 0.3) is 11.4 Å². The molecule has 3 N–H and O–H groups in total. The van der Waals surface area contributed by atoms with Gasteiger partial charge in [-0.1, -0.05) is 6.07 Å². The van der Waals surface area contributed by atoms with Gasteiger partial charge in [-0.15, -0.1) is 0 Å². The molecule has 0 radical (unpaired) electrons. The number of carbonyl (C=O) groups is 1. The molecule has 21 heavy (non-hydrogen) atoms. The van der Waals surface area contributed by atoms with Crippen LogP contribution in [0.5, 0.6) is 0 Å². The van der Waals surface area contributed by atoms with Gasteiger partial charge in [0.2, 0.25) is 0 Å². The van der Waals surface area contributed by atoms with E-state index < -0.39 is 6.09 Å². The van der Waals surface area contributed by atoms with Gasteiger partial charge in [0.1, 0.15) is 11.5 Å². The number of amides is 1. The number of carbonyl (C=O) groups excluding carboxylic acids is 1. The Hall–Kier alpha value is -2.00. The van der Waals surface area contributed by atoms with Crippen LogP contribution in [0.1, 0.15) is 6.92 Å². The molecular weight excluding hydrogens is 358 g/mol. The molecule has 2 aromatic rings. The standard InChI is InChI=1S/C12H12BrN5O2S/c1-2-20-12(19)16-11(21)15-10-8(13)9(17-18-10)7-5-3-4-6-14-7/h3-6H,2H2,1H3,(H3,15,16,17,18,19,21). The number of ether oxygens (including phenoxy) is 1. The zero-order chi connectivity index (χ0) is 15.2. The van der Waals surface area contributed by atoms with Gasteiger partial charge in [0.25, 0.3) is 0 Å². The average molecular weight is 370 g/mol. The zero-order valence-corrected chi connectivity index (χ0v) is 13.4. The van der Waals surface area contributed by atoms with Crippen LogP contribution in [-0.4, -0.2) is 33.0 Å². The van der Waals surface area contributed by atoms with E-state index in [0.29, 0.717) is 21.7 Å². The zero-order valence-electron chi connectivity index (χ0n) is 11.0. The van der Waals surface area contributed by atoms with Crippen LogP contribution in [0.3, 0.4) is 0 Å². The van der Waals surface area contributed by atoms with Crippen molar-refractivity contribution >= 4 is 45.2 Å². The second-order valence-corrected chi connectivity index (χ2v) is 4.98. The van der Waals surface area contributed by atoms with E-state index in [0.717, 1.165) is 0 Å². The Balaban J connectivity index is 2.07. The molecule has 0 fully saturated rings. The van der Waals surface area contributed by atoms with Crippen LogP contribution < -0.4 is 10.6 Å². The van der Waals surface area contributed by atoms with Crippen molar-refractivity contribution in [2.75, 3.05) is 11.9 Å². The molecule has 0 saturated heterocycles. The quantitative estimate of drug-likeness (QED) is 0.720. The first-order valence-electron chi connectivity index (χ1n) is 6.01. The topological polar surface area (TPSA) is 91.9 Å². The highest BCUT2D eigenvalue weighted by Crippen LogP contribution is 2.30. The molecule has 0 spiro atoms. The van der Waals surface area contributed by atoms with Crippen LogP contribution in [0.4, 0.5) is 10.6 Å². The Morgan fingerprint density at radius 2 is 2.33 bits per heavy atom. The summed E-state index contributed by atoms with van der Waals surface area (Å²) in [5.41, 5.74) is 1.34. The Morgan fingerprint density at radius 1 is 1.52 bits per heavy atom. The number of anilines is 1. The minimum Gasteiger partial charge on any atom is -0.450 e. The number of hydrogen-bond acceptors (Lipinski definition) is 5. The van der Waals surface area contributed by atoms with Crippen LogP contribution in [0, 0.1) is 0 Å². The Morgan fingerprint density at radius 3 is 3.00 bits per heavy atom. The van der Waals surface area contributed by atoms with Crippen molar-refractivity contribution in [2.45, 2.75) is 6.92 Å². The van der Waals surface area contributed by atoms with Crippen molar-refractivity contribution in [3.63, 3.8) is 0 Å². The highest BCUT2D eigenvalue weighted by molar-refractivity contribution is 9.10. The lowest BCUT2D eigenvalue weighted by atomic mass is 10.3. The number of aromatic nitrogens is 3. The van der Waals surface area contributed by atoms with E-state index in [1.165, 1.54) is 0 Å². The van der Waals surface area contributed by atoms with Gasteiger partial charge in [0.05, 0.1) is 16.8 Å². The Kier molecular flexibility index (Phi) is 5.23. The lowest BCUT2D eigenvalue weighted by Crippen LogP contribution is -2.34. The summed E-state index contributed by atoms with van der Waals surface area (Å²) in [6.45, 7) is 1.98. The third-order valence-corrected chi connectivity index (χ3v) is 3.32. The number of rotatable bonds is 3. The van der Waals surface area contributed by atoms with Crippen molar-refractivity contribution < 1.29 is 9.53 Å². The smallest absolute Gasteiger partial charge is 0.413 e. The Bertz CT molecular complexity index is 646. The van der Waals surface area contributed by atoms with E-state index in [-0.39, 0.29) is 11.7 Å². The van der Waals surface area contributed by atoms with Crippen LogP contribution in [0.2, 0.25) is 0 Å². The SMILES string of the molecule is CCOC(=O)NC(=S)Nc1[nH]nc(-c2ccccn2)c1Br. The van der Waals surface area contributed by atoms with Gasteiger partial charge in [-0.25, -0.2) is 4.79 Å². The normalized spacial score (nSPS) is 10.0. The van der Waals surface area contributed by atoms with Gasteiger partial charge in [0.15, 0.2) is 5.11 Å². The predicted molar refractivity (Wildman–Crippen MR) is 85.9 cm³/mol. The highest BCUT2D eigenvalue weighted by Gasteiger charge is 2.15. The van der Waals surface area contributed by atoms with E-state index in [1.807, 2.05) is 18.2 Å². The summed E-state index contributed by atoms with van der Waals surface area (Å²) in [6.07, 6.45) is 1.06. The van der Waals surface area contributed by atoms with Gasteiger partial charge < -0.3 is 10.1 Å². The van der Waals surface area contributed by atoms with E-state index in [9.17, 15) is 4.79 Å². The maximum atomic E-state index is 11.2. The molecule has 0 aliphatic carbocycles. The summed E-state index contributed by atoms with van der Waals surface area (Å²) in [5.74, 6) is 0.512. The molecule has 0 bridgehead atoms. The minimum atomic E-state index is -0.615. The molecule has 9 heteroatoms. The first-order valence-corrected chi connectivity index (χ1v) is 7.22. The first-order chi connectivity index (χ1) is 10.1. The van der Waals surface area contributed by atoms with Gasteiger partial charge in [0, 0.05) is 6.20 Å². The number of H-pyrrole nitrogens is 1. The molecule has 0 unspecified atom stereocenters. The molecule has 1 amide bonds. The number of nitrogens with zero attached hydrogens (tertiary/aromatic N) is 2. The molecule has 0 saturated carbocycles. The molecule has 0 atom stereocenters. The summed E-state index contributed by atoms with van der Waals surface area (Å²) in [5, 5.41) is 12.2. The summed E-state index contributed by atoms with van der Waals surface area (Å²) in [4.78, 5) is 15.5. The highest BCUT2D eigenvalue weighted by atomic mass is 79.9. The summed E-state index contributed by atoms with van der Waals surface area (Å²) < 4.78 is 5.39. The molecule has 2 aromatic heterocycles. The third kappa shape index (κ3) is 3.99. The van der Waals surface area contributed by atoms with Crippen LogP contribution in [-0.2, 0) is 4.74 Å². The monoisotopic (exact) mass is 369 g/mol. The second-order valence-electron chi connectivity index (χ2n) is 3.78. The van der Waals surface area contributed by atoms with E-state index in [2.05, 4.69) is 41.7 Å². The van der Waals surface area contributed by atoms with Crippen molar-refractivity contribution in [2.24, 2.45) is 0 Å². The molecular formula is C12H12BrN5O2S. The number of halogens is 1. The maximum Gasteiger partial charge on any atom is 0.413 e. The number of pyridine rings is 1. The molecule has 7 nitrogen and oxygen atoms in total. The molecule has 110 valence electrons. The number of hydrogen-bond donors (Lipinski definition) is 3. The van der Waals surface area contributed by atoms with E-state index in [1.54, 1.807) is 13.1 Å². The first kappa shape index (κ1) is 15.4. The molecule has 0 aliphatic heterocycles. The van der Waals surface area contributed by atoms with Gasteiger partial charge in [-0.05, 0) is 47.2 Å². The summed E-state index contributed by atoms with van der Waals surface area (Å²) in [6, 6.07) is 5.52. The number of thiocarbonyl (C=S) groups is 1. The van der Waals surface area contributed by atoms with Crippen molar-refractivity contribution in [1.82, 2.24) is 20.5 Å². The van der Waals surface area contributed by atoms with Crippen LogP contribution in [0.15, 0.2) is 28.9 Å². The molecule has 0 aliphatic rings. The number of aromatic amines is 1. The van der Waals surface area contributed by atoms with Crippen molar-refractivity contribution in [3.8, 4) is 11.4 Å². The van der Waals surface area contributed by atoms with Crippen molar-refractivity contribution in [3.05, 3.63) is 28.9 Å². The van der Waals surface area contributed by atoms with Crippen LogP contribution >= 0.6 is 28.1 Å². The fourth-order valence-electron chi connectivity index (χ4n) is 1.49. The lowest BCUT2D eigenvalue weighted by Gasteiger charge is -2.07. The average Bonchev–Trinajstić information content (AvgIpc) is 2.81. The second kappa shape index (κ2) is 7.14.